The van der Waals surface area contributed by atoms with Gasteiger partial charge in [0.2, 0.25) is 0 Å². The van der Waals surface area contributed by atoms with Crippen molar-refractivity contribution in [3.8, 4) is 0 Å². The van der Waals surface area contributed by atoms with Gasteiger partial charge in [0.1, 0.15) is 5.82 Å². The lowest BCUT2D eigenvalue weighted by molar-refractivity contribution is 0.0840. The molecule has 1 aliphatic heterocycles. The Kier molecular flexibility index (Phi) is 6.40. The number of carbonyl (C=O) groups is 1. The third kappa shape index (κ3) is 4.92. The molecule has 1 saturated heterocycles. The maximum absolute atomic E-state index is 13.0. The molecular formula is C22H27FN2O. The van der Waals surface area contributed by atoms with Crippen LogP contribution in [0.2, 0.25) is 0 Å². The van der Waals surface area contributed by atoms with Crippen LogP contribution in [-0.2, 0) is 0 Å². The molecule has 1 heterocycles. The number of piperidine rings is 1. The van der Waals surface area contributed by atoms with E-state index in [9.17, 15) is 9.18 Å². The fourth-order valence-electron chi connectivity index (χ4n) is 3.61. The smallest absolute Gasteiger partial charge is 0.166 e. The summed E-state index contributed by atoms with van der Waals surface area (Å²) in [5.41, 5.74) is 1.88. The topological polar surface area (TPSA) is 23.6 Å². The quantitative estimate of drug-likeness (QED) is 0.695. The molecule has 4 heteroatoms. The van der Waals surface area contributed by atoms with E-state index in [0.717, 1.165) is 45.4 Å². The van der Waals surface area contributed by atoms with Gasteiger partial charge in [0.05, 0.1) is 0 Å². The first kappa shape index (κ1) is 18.6. The Balaban J connectivity index is 1.40. The predicted octanol–water partition coefficient (Wildman–Crippen LogP) is 4.25. The van der Waals surface area contributed by atoms with Crippen LogP contribution >= 0.6 is 0 Å². The molecule has 0 atom stereocenters. The maximum atomic E-state index is 13.0. The monoisotopic (exact) mass is 354 g/mol. The Labute approximate surface area is 155 Å². The van der Waals surface area contributed by atoms with E-state index in [-0.39, 0.29) is 17.5 Å². The zero-order valence-electron chi connectivity index (χ0n) is 15.4. The van der Waals surface area contributed by atoms with Crippen LogP contribution < -0.4 is 4.90 Å². The highest BCUT2D eigenvalue weighted by molar-refractivity contribution is 5.97. The Bertz CT molecular complexity index is 694. The number of rotatable bonds is 7. The maximum Gasteiger partial charge on any atom is 0.166 e. The van der Waals surface area contributed by atoms with Crippen molar-refractivity contribution in [1.82, 2.24) is 4.90 Å². The fourth-order valence-corrected chi connectivity index (χ4v) is 3.61. The summed E-state index contributed by atoms with van der Waals surface area (Å²) in [5, 5.41) is 0. The Morgan fingerprint density at radius 3 is 2.38 bits per heavy atom. The summed E-state index contributed by atoms with van der Waals surface area (Å²) < 4.78 is 13.0. The van der Waals surface area contributed by atoms with E-state index in [1.807, 2.05) is 6.07 Å². The summed E-state index contributed by atoms with van der Waals surface area (Å²) >= 11 is 0. The molecule has 1 aliphatic rings. The number of ketones is 1. The van der Waals surface area contributed by atoms with Crippen molar-refractivity contribution in [2.24, 2.45) is 5.92 Å². The second kappa shape index (κ2) is 8.95. The summed E-state index contributed by atoms with van der Waals surface area (Å²) in [6.45, 7) is 4.02. The number of carbonyl (C=O) groups excluding carboxylic acids is 1. The molecule has 0 unspecified atom stereocenters. The van der Waals surface area contributed by atoms with E-state index < -0.39 is 0 Å². The number of likely N-dealkylation sites (tertiary alicyclic amines) is 1. The van der Waals surface area contributed by atoms with E-state index in [0.29, 0.717) is 5.56 Å². The second-order valence-electron chi connectivity index (χ2n) is 7.10. The van der Waals surface area contributed by atoms with Crippen LogP contribution in [0.1, 0.15) is 29.6 Å². The Morgan fingerprint density at radius 2 is 1.73 bits per heavy atom. The van der Waals surface area contributed by atoms with E-state index in [1.54, 1.807) is 12.1 Å². The molecule has 3 nitrogen and oxygen atoms in total. The molecule has 0 aliphatic carbocycles. The minimum Gasteiger partial charge on any atom is -0.375 e. The molecule has 0 amide bonds. The lowest BCUT2D eigenvalue weighted by atomic mass is 9.89. The Morgan fingerprint density at radius 1 is 1.08 bits per heavy atom. The van der Waals surface area contributed by atoms with Crippen molar-refractivity contribution < 1.29 is 9.18 Å². The highest BCUT2D eigenvalue weighted by atomic mass is 19.1. The van der Waals surface area contributed by atoms with Gasteiger partial charge in [0.25, 0.3) is 0 Å². The zero-order valence-corrected chi connectivity index (χ0v) is 15.4. The van der Waals surface area contributed by atoms with Crippen LogP contribution in [0.3, 0.4) is 0 Å². The van der Waals surface area contributed by atoms with Crippen LogP contribution in [0.15, 0.2) is 54.6 Å². The number of anilines is 1. The molecule has 2 aromatic rings. The Hall–Kier alpha value is -2.20. The number of hydrogen-bond donors (Lipinski definition) is 0. The van der Waals surface area contributed by atoms with E-state index >= 15 is 0 Å². The van der Waals surface area contributed by atoms with E-state index in [1.165, 1.54) is 17.8 Å². The van der Waals surface area contributed by atoms with Crippen LogP contribution in [0.4, 0.5) is 10.1 Å². The van der Waals surface area contributed by atoms with Crippen molar-refractivity contribution >= 4 is 11.5 Å². The van der Waals surface area contributed by atoms with Crippen molar-refractivity contribution in [2.45, 2.75) is 19.3 Å². The molecule has 1 fully saturated rings. The third-order valence-corrected chi connectivity index (χ3v) is 5.25. The first-order valence-corrected chi connectivity index (χ1v) is 9.42. The lowest BCUT2D eigenvalue weighted by Crippen LogP contribution is -2.37. The SMILES string of the molecule is CN(CCCN1CCC(C(=O)c2ccc(F)cc2)CC1)c1ccccc1. The first-order valence-electron chi connectivity index (χ1n) is 9.42. The van der Waals surface area contributed by atoms with Gasteiger partial charge >= 0.3 is 0 Å². The van der Waals surface area contributed by atoms with Gasteiger partial charge < -0.3 is 9.80 Å². The number of Topliss-reactive ketones (excluding diaryl/α,β-unsaturated/α-hetero) is 1. The molecular weight excluding hydrogens is 327 g/mol. The second-order valence-corrected chi connectivity index (χ2v) is 7.10. The summed E-state index contributed by atoms with van der Waals surface area (Å²) in [4.78, 5) is 17.3. The van der Waals surface area contributed by atoms with Gasteiger partial charge in [-0.3, -0.25) is 4.79 Å². The third-order valence-electron chi connectivity index (χ3n) is 5.25. The van der Waals surface area contributed by atoms with Gasteiger partial charge in [0, 0.05) is 30.8 Å². The van der Waals surface area contributed by atoms with E-state index in [2.05, 4.69) is 41.1 Å². The largest absolute Gasteiger partial charge is 0.375 e. The minimum atomic E-state index is -0.295. The van der Waals surface area contributed by atoms with Gasteiger partial charge in [-0.05, 0) is 75.3 Å². The summed E-state index contributed by atoms with van der Waals surface area (Å²) in [6, 6.07) is 16.4. The highest BCUT2D eigenvalue weighted by Crippen LogP contribution is 2.22. The molecule has 2 aromatic carbocycles. The first-order chi connectivity index (χ1) is 12.6. The highest BCUT2D eigenvalue weighted by Gasteiger charge is 2.25. The number of benzene rings is 2. The number of hydrogen-bond acceptors (Lipinski definition) is 3. The molecule has 0 spiro atoms. The summed E-state index contributed by atoms with van der Waals surface area (Å²) in [5.74, 6) is -0.0611. The van der Waals surface area contributed by atoms with Crippen molar-refractivity contribution in [3.63, 3.8) is 0 Å². The molecule has 3 rings (SSSR count). The standard InChI is InChI=1S/C22H27FN2O/c1-24(21-6-3-2-4-7-21)14-5-15-25-16-12-19(13-17-25)22(26)18-8-10-20(23)11-9-18/h2-4,6-11,19H,5,12-17H2,1H3. The predicted molar refractivity (Wildman–Crippen MR) is 104 cm³/mol. The molecule has 0 bridgehead atoms. The van der Waals surface area contributed by atoms with Crippen molar-refractivity contribution in [3.05, 3.63) is 66.0 Å². The van der Waals surface area contributed by atoms with Crippen LogP contribution in [0, 0.1) is 11.7 Å². The van der Waals surface area contributed by atoms with Gasteiger partial charge in [-0.2, -0.15) is 0 Å². The van der Waals surface area contributed by atoms with Gasteiger partial charge in [-0.25, -0.2) is 4.39 Å². The van der Waals surface area contributed by atoms with Crippen molar-refractivity contribution in [2.75, 3.05) is 38.1 Å². The zero-order chi connectivity index (χ0) is 18.4. The van der Waals surface area contributed by atoms with Gasteiger partial charge in [-0.15, -0.1) is 0 Å². The number of para-hydroxylation sites is 1. The molecule has 0 aromatic heterocycles. The molecule has 0 saturated carbocycles. The molecule has 138 valence electrons. The average Bonchev–Trinajstić information content (AvgIpc) is 2.69. The van der Waals surface area contributed by atoms with Crippen LogP contribution in [0.5, 0.6) is 0 Å². The van der Waals surface area contributed by atoms with Crippen LogP contribution in [0.25, 0.3) is 0 Å². The molecule has 26 heavy (non-hydrogen) atoms. The normalized spacial score (nSPS) is 15.8. The fraction of sp³-hybridized carbons (Fsp3) is 0.409. The summed E-state index contributed by atoms with van der Waals surface area (Å²) in [6.07, 6.45) is 2.90. The minimum absolute atomic E-state index is 0.0729. The summed E-state index contributed by atoms with van der Waals surface area (Å²) in [7, 11) is 2.13. The molecule has 0 N–H and O–H groups in total. The van der Waals surface area contributed by atoms with Gasteiger partial charge in [-0.1, -0.05) is 18.2 Å². The lowest BCUT2D eigenvalue weighted by Gasteiger charge is -2.31. The van der Waals surface area contributed by atoms with Gasteiger partial charge in [0.15, 0.2) is 5.78 Å². The average molecular weight is 354 g/mol. The number of nitrogens with zero attached hydrogens (tertiary/aromatic N) is 2. The molecule has 0 radical (unpaired) electrons. The number of halogens is 1. The van der Waals surface area contributed by atoms with Crippen molar-refractivity contribution in [1.29, 1.82) is 0 Å². The van der Waals surface area contributed by atoms with E-state index in [4.69, 9.17) is 0 Å². The van der Waals surface area contributed by atoms with Crippen LogP contribution in [-0.4, -0.2) is 43.9 Å².